The Labute approximate surface area is 167 Å². The van der Waals surface area contributed by atoms with Crippen LogP contribution in [0.1, 0.15) is 52.4 Å². The second-order valence-electron chi connectivity index (χ2n) is 8.71. The van der Waals surface area contributed by atoms with Crippen LogP contribution in [0.3, 0.4) is 0 Å². The van der Waals surface area contributed by atoms with Gasteiger partial charge in [0.25, 0.3) is 7.41 Å². The molecule has 2 saturated heterocycles. The Morgan fingerprint density at radius 1 is 1.21 bits per heavy atom. The van der Waals surface area contributed by atoms with Gasteiger partial charge in [-0.2, -0.15) is 0 Å². The van der Waals surface area contributed by atoms with Crippen molar-refractivity contribution in [1.82, 2.24) is 14.8 Å². The van der Waals surface area contributed by atoms with Crippen molar-refractivity contribution in [2.45, 2.75) is 57.8 Å². The number of nitrogens with zero attached hydrogens (tertiary/aromatic N) is 2. The Balaban J connectivity index is 1.50. The molecule has 146 valence electrons. The number of imidazole rings is 1. The monoisotopic (exact) mass is 379 g/mol. The maximum Gasteiger partial charge on any atom is 0.494 e. The van der Waals surface area contributed by atoms with Gasteiger partial charge in [0.15, 0.2) is 0 Å². The van der Waals surface area contributed by atoms with Gasteiger partial charge in [-0.1, -0.05) is 24.3 Å². The van der Waals surface area contributed by atoms with Gasteiger partial charge >= 0.3 is 7.12 Å². The Morgan fingerprint density at radius 3 is 2.54 bits per heavy atom. The average Bonchev–Trinajstić information content (AvgIpc) is 3.34. The number of rotatable bonds is 5. The first-order valence-electron chi connectivity index (χ1n) is 9.99. The molecule has 0 aliphatic carbocycles. The average molecular weight is 379 g/mol. The first kappa shape index (κ1) is 19.4. The third-order valence-corrected chi connectivity index (χ3v) is 6.33. The number of aromatic nitrogens is 2. The molecule has 1 aromatic heterocycles. The lowest BCUT2D eigenvalue weighted by molar-refractivity contribution is 0.00578. The first-order valence-corrected chi connectivity index (χ1v) is 9.99. The van der Waals surface area contributed by atoms with Crippen LogP contribution in [0, 0.1) is 0 Å². The number of benzene rings is 1. The van der Waals surface area contributed by atoms with E-state index in [1.54, 1.807) is 0 Å². The summed E-state index contributed by atoms with van der Waals surface area (Å²) in [5.74, 6) is 0.935. The Kier molecular flexibility index (Phi) is 4.98. The minimum absolute atomic E-state index is 0.197. The molecule has 0 bridgehead atoms. The lowest BCUT2D eigenvalue weighted by Gasteiger charge is -2.32. The molecule has 2 aromatic rings. The molecule has 2 aliphatic heterocycles. The number of carbonyl (C=O) groups excluding carboxylic acids is 1. The minimum atomic E-state index is -0.355. The van der Waals surface area contributed by atoms with Gasteiger partial charge in [-0.05, 0) is 58.1 Å². The smallest absolute Gasteiger partial charge is 0.399 e. The molecular weight excluding hydrogens is 352 g/mol. The molecule has 0 unspecified atom stereocenters. The topological polar surface area (TPSA) is 67.5 Å². The largest absolute Gasteiger partial charge is 0.494 e. The van der Waals surface area contributed by atoms with Crippen LogP contribution < -0.4 is 5.46 Å². The molecule has 2 aliphatic rings. The number of hydrogen-bond donors (Lipinski definition) is 1. The van der Waals surface area contributed by atoms with E-state index in [4.69, 9.17) is 9.31 Å². The molecule has 6 nitrogen and oxygen atoms in total. The van der Waals surface area contributed by atoms with Crippen molar-refractivity contribution in [2.75, 3.05) is 6.54 Å². The fraction of sp³-hybridized carbons (Fsp3) is 0.500. The van der Waals surface area contributed by atoms with Crippen LogP contribution in [-0.4, -0.2) is 53.2 Å². The van der Waals surface area contributed by atoms with Crippen molar-refractivity contribution in [2.24, 2.45) is 0 Å². The fourth-order valence-electron chi connectivity index (χ4n) is 3.90. The van der Waals surface area contributed by atoms with Crippen LogP contribution in [-0.2, 0) is 14.1 Å². The molecule has 1 N–H and O–H groups in total. The van der Waals surface area contributed by atoms with Crippen molar-refractivity contribution >= 4 is 26.2 Å². The molecule has 0 saturated carbocycles. The van der Waals surface area contributed by atoms with E-state index in [1.165, 1.54) is 0 Å². The molecule has 1 aromatic carbocycles. The van der Waals surface area contributed by atoms with Crippen molar-refractivity contribution < 1.29 is 14.1 Å². The van der Waals surface area contributed by atoms with Crippen LogP contribution in [0.25, 0.3) is 11.3 Å². The molecule has 0 spiro atoms. The zero-order valence-electron chi connectivity index (χ0n) is 17.1. The van der Waals surface area contributed by atoms with E-state index in [9.17, 15) is 4.79 Å². The number of H-pyrrole nitrogens is 1. The van der Waals surface area contributed by atoms with Gasteiger partial charge in [0.1, 0.15) is 5.82 Å². The predicted octanol–water partition coefficient (Wildman–Crippen LogP) is 2.05. The number of carbonyl (C=O) groups is 1. The van der Waals surface area contributed by atoms with E-state index in [-0.39, 0.29) is 24.4 Å². The summed E-state index contributed by atoms with van der Waals surface area (Å²) in [6.07, 6.45) is 4.96. The highest BCUT2D eigenvalue weighted by molar-refractivity contribution is 6.64. The minimum Gasteiger partial charge on any atom is -0.399 e. The third kappa shape index (κ3) is 3.45. The molecule has 28 heavy (non-hydrogen) atoms. The first-order chi connectivity index (χ1) is 13.3. The summed E-state index contributed by atoms with van der Waals surface area (Å²) in [6.45, 7) is 9.19. The highest BCUT2D eigenvalue weighted by Gasteiger charge is 2.51. The lowest BCUT2D eigenvalue weighted by atomic mass is 9.79. The second-order valence-corrected chi connectivity index (χ2v) is 8.71. The van der Waals surface area contributed by atoms with Gasteiger partial charge in [-0.25, -0.2) is 4.98 Å². The van der Waals surface area contributed by atoms with Crippen LogP contribution in [0.5, 0.6) is 0 Å². The van der Waals surface area contributed by atoms with E-state index in [1.807, 2.05) is 18.3 Å². The molecule has 1 atom stereocenters. The predicted molar refractivity (Wildman–Crippen MR) is 112 cm³/mol. The van der Waals surface area contributed by atoms with Crippen molar-refractivity contribution in [3.05, 3.63) is 36.3 Å². The molecular formula is C20H27B2N3O3. The normalized spacial score (nSPS) is 23.9. The number of hydrogen-bond acceptors (Lipinski definition) is 5. The van der Waals surface area contributed by atoms with E-state index < -0.39 is 0 Å². The summed E-state index contributed by atoms with van der Waals surface area (Å²) < 4.78 is 12.3. The van der Waals surface area contributed by atoms with E-state index in [0.717, 1.165) is 48.1 Å². The highest BCUT2D eigenvalue weighted by atomic mass is 16.7. The highest BCUT2D eigenvalue weighted by Crippen LogP contribution is 2.36. The van der Waals surface area contributed by atoms with Gasteiger partial charge in [0.05, 0.1) is 35.3 Å². The van der Waals surface area contributed by atoms with Crippen LogP contribution in [0.2, 0.25) is 0 Å². The third-order valence-electron chi connectivity index (χ3n) is 6.33. The Bertz CT molecular complexity index is 835. The van der Waals surface area contributed by atoms with Crippen molar-refractivity contribution in [3.63, 3.8) is 0 Å². The van der Waals surface area contributed by atoms with Crippen LogP contribution >= 0.6 is 0 Å². The maximum atomic E-state index is 10.9. The van der Waals surface area contributed by atoms with Crippen LogP contribution in [0.4, 0.5) is 0 Å². The van der Waals surface area contributed by atoms with Gasteiger partial charge < -0.3 is 23.9 Å². The quantitative estimate of drug-likeness (QED) is 0.637. The molecule has 2 fully saturated rings. The van der Waals surface area contributed by atoms with Gasteiger partial charge in [0, 0.05) is 0 Å². The molecule has 4 rings (SSSR count). The molecule has 3 heterocycles. The summed E-state index contributed by atoms with van der Waals surface area (Å²) in [5, 5.41) is 0. The van der Waals surface area contributed by atoms with Crippen molar-refractivity contribution in [1.29, 1.82) is 0 Å². The zero-order chi connectivity index (χ0) is 19.9. The Hall–Kier alpha value is -1.89. The van der Waals surface area contributed by atoms with Crippen LogP contribution in [0.15, 0.2) is 30.5 Å². The van der Waals surface area contributed by atoms with E-state index in [0.29, 0.717) is 7.41 Å². The Morgan fingerprint density at radius 2 is 1.89 bits per heavy atom. The van der Waals surface area contributed by atoms with Gasteiger partial charge in [-0.3, -0.25) is 0 Å². The molecule has 0 amide bonds. The SMILES string of the molecule is CC1(C)OB(c2ccc(-c3cnc([C@@H]4CCCN4BC=O)[nH]3)cc2)OC1(C)C. The molecule has 8 heteroatoms. The zero-order valence-corrected chi connectivity index (χ0v) is 17.1. The molecule has 0 radical (unpaired) electrons. The fourth-order valence-corrected chi connectivity index (χ4v) is 3.90. The van der Waals surface area contributed by atoms with E-state index in [2.05, 4.69) is 54.6 Å². The summed E-state index contributed by atoms with van der Waals surface area (Å²) in [6, 6.07) is 8.42. The summed E-state index contributed by atoms with van der Waals surface area (Å²) in [7, 11) is 0.107. The number of aromatic amines is 1. The van der Waals surface area contributed by atoms with Crippen molar-refractivity contribution in [3.8, 4) is 11.3 Å². The standard InChI is InChI=1S/C20H27B2N3O3/c1-19(2)20(3,4)28-22(27-19)15-9-7-14(8-10-15)16-12-23-18(24-16)17-6-5-11-25(17)21-13-26/h7-10,12-13,17,21H,5-6,11H2,1-4H3,(H,23,24)/t17-/m0/s1. The summed E-state index contributed by atoms with van der Waals surface area (Å²) in [4.78, 5) is 21.1. The second kappa shape index (κ2) is 7.17. The van der Waals surface area contributed by atoms with E-state index >= 15 is 0 Å². The number of nitrogens with one attached hydrogen (secondary N) is 1. The maximum absolute atomic E-state index is 10.9. The van der Waals surface area contributed by atoms with Gasteiger partial charge in [-0.15, -0.1) is 0 Å². The lowest BCUT2D eigenvalue weighted by Crippen LogP contribution is -2.41. The van der Waals surface area contributed by atoms with Gasteiger partial charge in [0.2, 0.25) is 0 Å². The summed E-state index contributed by atoms with van der Waals surface area (Å²) in [5.41, 5.74) is 2.37. The summed E-state index contributed by atoms with van der Waals surface area (Å²) >= 11 is 0.